The quantitative estimate of drug-likeness (QED) is 0.868. The van der Waals surface area contributed by atoms with Crippen LogP contribution >= 0.6 is 34.5 Å². The van der Waals surface area contributed by atoms with Crippen molar-refractivity contribution in [1.82, 2.24) is 10.3 Å². The Hall–Kier alpha value is -0.610. The summed E-state index contributed by atoms with van der Waals surface area (Å²) < 4.78 is 1.48. The van der Waals surface area contributed by atoms with Crippen LogP contribution in [0, 0.1) is 6.92 Å². The minimum absolute atomic E-state index is 0.148. The smallest absolute Gasteiger partial charge is 0.0992 e. The van der Waals surface area contributed by atoms with Crippen LogP contribution in [0.15, 0.2) is 24.4 Å². The van der Waals surface area contributed by atoms with Crippen LogP contribution in [0.5, 0.6) is 0 Å². The summed E-state index contributed by atoms with van der Waals surface area (Å²) >= 11 is 13.7. The molecule has 102 valence electrons. The maximum absolute atomic E-state index is 6.26. The number of nitrogens with zero attached hydrogens (tertiary/aromatic N) is 1. The van der Waals surface area contributed by atoms with E-state index >= 15 is 0 Å². The summed E-state index contributed by atoms with van der Waals surface area (Å²) in [4.78, 5) is 4.45. The Kier molecular flexibility index (Phi) is 5.22. The zero-order valence-electron chi connectivity index (χ0n) is 10.9. The Morgan fingerprint density at radius 2 is 2.21 bits per heavy atom. The van der Waals surface area contributed by atoms with Gasteiger partial charge in [0.1, 0.15) is 0 Å². The summed E-state index contributed by atoms with van der Waals surface area (Å²) in [5.41, 5.74) is 3.35. The predicted molar refractivity (Wildman–Crippen MR) is 83.4 cm³/mol. The first-order valence-electron chi connectivity index (χ1n) is 6.20. The largest absolute Gasteiger partial charge is 0.310 e. The van der Waals surface area contributed by atoms with E-state index in [0.29, 0.717) is 0 Å². The average molecular weight is 315 g/mol. The molecule has 0 aliphatic rings. The van der Waals surface area contributed by atoms with Crippen LogP contribution in [-0.4, -0.2) is 11.5 Å². The molecule has 1 N–H and O–H groups in total. The molecule has 2 aromatic heterocycles. The molecule has 0 fully saturated rings. The van der Waals surface area contributed by atoms with E-state index in [4.69, 9.17) is 23.2 Å². The number of thiophene rings is 1. The van der Waals surface area contributed by atoms with E-state index in [-0.39, 0.29) is 6.04 Å². The third-order valence-electron chi connectivity index (χ3n) is 3.02. The van der Waals surface area contributed by atoms with Crippen molar-refractivity contribution in [2.45, 2.75) is 26.3 Å². The van der Waals surface area contributed by atoms with Crippen molar-refractivity contribution in [3.63, 3.8) is 0 Å². The van der Waals surface area contributed by atoms with Crippen LogP contribution < -0.4 is 5.32 Å². The molecule has 2 heterocycles. The van der Waals surface area contributed by atoms with Crippen molar-refractivity contribution in [1.29, 1.82) is 0 Å². The summed E-state index contributed by atoms with van der Waals surface area (Å²) in [5, 5.41) is 3.45. The van der Waals surface area contributed by atoms with Crippen molar-refractivity contribution in [2.75, 3.05) is 6.54 Å². The standard InChI is InChI=1S/C14H16Cl2N2S/c1-3-17-12(10-7-13(15)19-14(10)16)8-11-9(2)5-4-6-18-11/h4-7,12,17H,3,8H2,1-2H3. The molecule has 1 unspecified atom stereocenters. The number of nitrogens with one attached hydrogen (secondary N) is 1. The van der Waals surface area contributed by atoms with Gasteiger partial charge in [0.05, 0.1) is 8.67 Å². The highest BCUT2D eigenvalue weighted by Crippen LogP contribution is 2.36. The molecule has 0 aromatic carbocycles. The minimum atomic E-state index is 0.148. The zero-order chi connectivity index (χ0) is 13.8. The molecule has 2 rings (SSSR count). The van der Waals surface area contributed by atoms with Gasteiger partial charge in [-0.2, -0.15) is 0 Å². The lowest BCUT2D eigenvalue weighted by atomic mass is 10.0. The number of likely N-dealkylation sites (N-methyl/N-ethyl adjacent to an activating group) is 1. The van der Waals surface area contributed by atoms with Crippen molar-refractivity contribution in [2.24, 2.45) is 0 Å². The van der Waals surface area contributed by atoms with Crippen molar-refractivity contribution in [3.05, 3.63) is 49.9 Å². The number of aryl methyl sites for hydroxylation is 1. The van der Waals surface area contributed by atoms with Gasteiger partial charge < -0.3 is 5.32 Å². The second kappa shape index (κ2) is 6.71. The van der Waals surface area contributed by atoms with E-state index in [1.807, 2.05) is 18.3 Å². The maximum Gasteiger partial charge on any atom is 0.0992 e. The lowest BCUT2D eigenvalue weighted by molar-refractivity contribution is 0.544. The fourth-order valence-corrected chi connectivity index (χ4v) is 3.63. The molecule has 1 atom stereocenters. The monoisotopic (exact) mass is 314 g/mol. The minimum Gasteiger partial charge on any atom is -0.310 e. The molecule has 0 aliphatic heterocycles. The number of hydrogen-bond acceptors (Lipinski definition) is 3. The Morgan fingerprint density at radius 1 is 1.42 bits per heavy atom. The molecular weight excluding hydrogens is 299 g/mol. The van der Waals surface area contributed by atoms with Gasteiger partial charge in [-0.25, -0.2) is 0 Å². The second-order valence-electron chi connectivity index (χ2n) is 4.36. The van der Waals surface area contributed by atoms with Crippen molar-refractivity contribution >= 4 is 34.5 Å². The summed E-state index contributed by atoms with van der Waals surface area (Å²) in [7, 11) is 0. The van der Waals surface area contributed by atoms with Gasteiger partial charge in [-0.15, -0.1) is 11.3 Å². The average Bonchev–Trinajstić information content (AvgIpc) is 2.70. The first-order chi connectivity index (χ1) is 9.11. The van der Waals surface area contributed by atoms with Crippen LogP contribution in [0.3, 0.4) is 0 Å². The van der Waals surface area contributed by atoms with Gasteiger partial charge in [0.15, 0.2) is 0 Å². The number of rotatable bonds is 5. The van der Waals surface area contributed by atoms with Gasteiger partial charge in [-0.3, -0.25) is 4.98 Å². The molecule has 2 aromatic rings. The van der Waals surface area contributed by atoms with E-state index in [2.05, 4.69) is 30.2 Å². The summed E-state index contributed by atoms with van der Waals surface area (Å²) in [6, 6.07) is 6.12. The lowest BCUT2D eigenvalue weighted by Gasteiger charge is -2.18. The highest BCUT2D eigenvalue weighted by molar-refractivity contribution is 7.20. The van der Waals surface area contributed by atoms with Crippen molar-refractivity contribution in [3.8, 4) is 0 Å². The highest BCUT2D eigenvalue weighted by atomic mass is 35.5. The third kappa shape index (κ3) is 3.69. The topological polar surface area (TPSA) is 24.9 Å². The van der Waals surface area contributed by atoms with Crippen LogP contribution in [-0.2, 0) is 6.42 Å². The van der Waals surface area contributed by atoms with Gasteiger partial charge >= 0.3 is 0 Å². The highest BCUT2D eigenvalue weighted by Gasteiger charge is 2.18. The van der Waals surface area contributed by atoms with Crippen LogP contribution in [0.25, 0.3) is 0 Å². The summed E-state index contributed by atoms with van der Waals surface area (Å²) in [5.74, 6) is 0. The Morgan fingerprint density at radius 3 is 2.79 bits per heavy atom. The normalized spacial score (nSPS) is 12.6. The maximum atomic E-state index is 6.26. The molecule has 0 spiro atoms. The Balaban J connectivity index is 2.26. The van der Waals surface area contributed by atoms with E-state index in [9.17, 15) is 0 Å². The fourth-order valence-electron chi connectivity index (χ4n) is 2.05. The predicted octanol–water partition coefficient (Wildman–Crippen LogP) is 4.65. The number of halogens is 2. The van der Waals surface area contributed by atoms with E-state index in [1.54, 1.807) is 0 Å². The molecule has 5 heteroatoms. The molecule has 0 aliphatic carbocycles. The first-order valence-corrected chi connectivity index (χ1v) is 7.77. The molecule has 0 radical (unpaired) electrons. The lowest BCUT2D eigenvalue weighted by Crippen LogP contribution is -2.23. The zero-order valence-corrected chi connectivity index (χ0v) is 13.2. The van der Waals surface area contributed by atoms with E-state index < -0.39 is 0 Å². The van der Waals surface area contributed by atoms with Crippen molar-refractivity contribution < 1.29 is 0 Å². The molecule has 0 amide bonds. The Labute approximate surface area is 127 Å². The molecule has 2 nitrogen and oxygen atoms in total. The van der Waals surface area contributed by atoms with Gasteiger partial charge in [0.25, 0.3) is 0 Å². The SMILES string of the molecule is CCNC(Cc1ncccc1C)c1cc(Cl)sc1Cl. The van der Waals surface area contributed by atoms with E-state index in [1.165, 1.54) is 16.9 Å². The number of pyridine rings is 1. The van der Waals surface area contributed by atoms with Gasteiger partial charge in [0.2, 0.25) is 0 Å². The summed E-state index contributed by atoms with van der Waals surface area (Å²) in [6.45, 7) is 5.04. The molecular formula is C14H16Cl2N2S. The van der Waals surface area contributed by atoms with Crippen LogP contribution in [0.1, 0.15) is 29.8 Å². The number of hydrogen-bond donors (Lipinski definition) is 1. The first kappa shape index (κ1) is 14.8. The molecule has 0 saturated carbocycles. The van der Waals surface area contributed by atoms with Gasteiger partial charge in [0, 0.05) is 29.9 Å². The molecule has 0 bridgehead atoms. The number of aromatic nitrogens is 1. The second-order valence-corrected chi connectivity index (χ2v) is 6.65. The van der Waals surface area contributed by atoms with Gasteiger partial charge in [-0.05, 0) is 31.2 Å². The van der Waals surface area contributed by atoms with Gasteiger partial charge in [-0.1, -0.05) is 36.2 Å². The van der Waals surface area contributed by atoms with E-state index in [0.717, 1.165) is 32.9 Å². The summed E-state index contributed by atoms with van der Waals surface area (Å²) in [6.07, 6.45) is 2.64. The van der Waals surface area contributed by atoms with Crippen LogP contribution in [0.4, 0.5) is 0 Å². The van der Waals surface area contributed by atoms with Crippen LogP contribution in [0.2, 0.25) is 8.67 Å². The Bertz CT molecular complexity index is 554. The molecule has 19 heavy (non-hydrogen) atoms. The third-order valence-corrected chi connectivity index (χ3v) is 4.54. The fraction of sp³-hybridized carbons (Fsp3) is 0.357. The molecule has 0 saturated heterocycles.